The van der Waals surface area contributed by atoms with Crippen LogP contribution in [0.3, 0.4) is 0 Å². The number of nitrogens with one attached hydrogen (secondary N) is 2. The molecule has 0 saturated carbocycles. The number of carbonyl (C=O) groups is 1. The molecule has 2 rings (SSSR count). The molecule has 0 heterocycles. The van der Waals surface area contributed by atoms with Crippen molar-refractivity contribution in [3.63, 3.8) is 0 Å². The Kier molecular flexibility index (Phi) is 6.57. The number of anilines is 1. The van der Waals surface area contributed by atoms with Crippen molar-refractivity contribution < 1.29 is 22.7 Å². The number of carbonyl (C=O) groups excluding carboxylic acids is 1. The lowest BCUT2D eigenvalue weighted by Crippen LogP contribution is -2.34. The maximum atomic E-state index is 13.0. The van der Waals surface area contributed by atoms with Crippen molar-refractivity contribution in [2.75, 3.05) is 11.9 Å². The molecule has 0 fully saturated rings. The summed E-state index contributed by atoms with van der Waals surface area (Å²) < 4.78 is 44.3. The summed E-state index contributed by atoms with van der Waals surface area (Å²) in [6.07, 6.45) is -3.67. The highest BCUT2D eigenvalue weighted by Gasteiger charge is 2.33. The second-order valence-electron chi connectivity index (χ2n) is 5.32. The first-order valence-corrected chi connectivity index (χ1v) is 8.23. The van der Waals surface area contributed by atoms with Crippen molar-refractivity contribution >= 4 is 28.9 Å². The van der Waals surface area contributed by atoms with Crippen LogP contribution in [-0.2, 0) is 6.18 Å². The molecule has 0 bridgehead atoms. The van der Waals surface area contributed by atoms with Crippen LogP contribution in [0.4, 0.5) is 18.9 Å². The number of thiocarbonyl (C=S) groups is 1. The van der Waals surface area contributed by atoms with E-state index in [4.69, 9.17) is 17.0 Å². The molecule has 0 aromatic heterocycles. The molecule has 0 atom stereocenters. The Morgan fingerprint density at radius 2 is 1.77 bits per heavy atom. The number of hydrogen-bond donors (Lipinski definition) is 2. The highest BCUT2D eigenvalue weighted by molar-refractivity contribution is 7.80. The third-order valence-corrected chi connectivity index (χ3v) is 3.50. The number of amides is 1. The second-order valence-corrected chi connectivity index (χ2v) is 5.73. The molecule has 0 saturated heterocycles. The molecule has 0 aliphatic heterocycles. The summed E-state index contributed by atoms with van der Waals surface area (Å²) in [6, 6.07) is 11.3. The third kappa shape index (κ3) is 5.45. The predicted molar refractivity (Wildman–Crippen MR) is 97.4 cm³/mol. The van der Waals surface area contributed by atoms with Gasteiger partial charge in [0.15, 0.2) is 5.11 Å². The summed E-state index contributed by atoms with van der Waals surface area (Å²) in [5, 5.41) is 4.55. The molecule has 0 unspecified atom stereocenters. The van der Waals surface area contributed by atoms with Crippen molar-refractivity contribution in [2.24, 2.45) is 0 Å². The molecule has 4 nitrogen and oxygen atoms in total. The summed E-state index contributed by atoms with van der Waals surface area (Å²) in [5.41, 5.74) is -0.787. The average molecular weight is 382 g/mol. The zero-order valence-corrected chi connectivity index (χ0v) is 14.7. The van der Waals surface area contributed by atoms with Gasteiger partial charge < -0.3 is 10.1 Å². The van der Waals surface area contributed by atoms with Gasteiger partial charge in [-0.3, -0.25) is 10.1 Å². The minimum absolute atomic E-state index is 0.224. The van der Waals surface area contributed by atoms with Gasteiger partial charge in [0.1, 0.15) is 5.75 Å². The average Bonchev–Trinajstić information content (AvgIpc) is 2.59. The zero-order valence-electron chi connectivity index (χ0n) is 13.9. The predicted octanol–water partition coefficient (Wildman–Crippen LogP) is 4.62. The lowest BCUT2D eigenvalue weighted by atomic mass is 10.1. The summed E-state index contributed by atoms with van der Waals surface area (Å²) in [7, 11) is 0. The summed E-state index contributed by atoms with van der Waals surface area (Å²) in [6.45, 7) is 2.55. The molecule has 8 heteroatoms. The van der Waals surface area contributed by atoms with Crippen LogP contribution in [0.1, 0.15) is 29.3 Å². The third-order valence-electron chi connectivity index (χ3n) is 3.30. The van der Waals surface area contributed by atoms with Crippen LogP contribution in [0.15, 0.2) is 48.5 Å². The van der Waals surface area contributed by atoms with Crippen LogP contribution in [-0.4, -0.2) is 17.6 Å². The quantitative estimate of drug-likeness (QED) is 0.741. The monoisotopic (exact) mass is 382 g/mol. The first-order chi connectivity index (χ1) is 12.3. The molecule has 0 aliphatic rings. The minimum atomic E-state index is -4.53. The van der Waals surface area contributed by atoms with E-state index in [1.807, 2.05) is 6.92 Å². The van der Waals surface area contributed by atoms with Crippen LogP contribution in [0.25, 0.3) is 0 Å². The van der Waals surface area contributed by atoms with Crippen molar-refractivity contribution in [3.05, 3.63) is 59.7 Å². The van der Waals surface area contributed by atoms with Crippen LogP contribution in [0, 0.1) is 0 Å². The first kappa shape index (κ1) is 19.7. The topological polar surface area (TPSA) is 50.4 Å². The van der Waals surface area contributed by atoms with E-state index in [1.54, 1.807) is 24.3 Å². The maximum absolute atomic E-state index is 13.0. The summed E-state index contributed by atoms with van der Waals surface area (Å²) in [4.78, 5) is 12.2. The van der Waals surface area contributed by atoms with E-state index < -0.39 is 17.6 Å². The van der Waals surface area contributed by atoms with Gasteiger partial charge in [-0.15, -0.1) is 0 Å². The molecular weight excluding hydrogens is 365 g/mol. The van der Waals surface area contributed by atoms with Crippen molar-refractivity contribution in [2.45, 2.75) is 19.5 Å². The van der Waals surface area contributed by atoms with Crippen molar-refractivity contribution in [1.82, 2.24) is 5.32 Å². The van der Waals surface area contributed by atoms with E-state index in [2.05, 4.69) is 10.6 Å². The fraction of sp³-hybridized carbons (Fsp3) is 0.222. The van der Waals surface area contributed by atoms with E-state index in [-0.39, 0.29) is 10.8 Å². The van der Waals surface area contributed by atoms with E-state index in [9.17, 15) is 18.0 Å². The van der Waals surface area contributed by atoms with Crippen LogP contribution < -0.4 is 15.4 Å². The van der Waals surface area contributed by atoms with Gasteiger partial charge in [-0.05, 0) is 55.0 Å². The normalized spacial score (nSPS) is 10.9. The number of para-hydroxylation sites is 1. The highest BCUT2D eigenvalue weighted by Crippen LogP contribution is 2.34. The molecule has 0 aliphatic carbocycles. The molecular formula is C18H17F3N2O2S. The van der Waals surface area contributed by atoms with Gasteiger partial charge in [0.05, 0.1) is 17.9 Å². The largest absolute Gasteiger partial charge is 0.494 e. The van der Waals surface area contributed by atoms with Gasteiger partial charge in [-0.2, -0.15) is 13.2 Å². The Labute approximate surface area is 154 Å². The number of halogens is 3. The molecule has 26 heavy (non-hydrogen) atoms. The second kappa shape index (κ2) is 8.66. The smallest absolute Gasteiger partial charge is 0.418 e. The van der Waals surface area contributed by atoms with Crippen LogP contribution in [0.5, 0.6) is 5.75 Å². The molecule has 2 aromatic rings. The Morgan fingerprint density at radius 1 is 1.12 bits per heavy atom. The molecule has 1 amide bonds. The standard InChI is InChI=1S/C18H17F3N2O2S/c1-2-11-25-13-9-7-12(8-10-13)16(24)23-17(26)22-15-6-4-3-5-14(15)18(19,20)21/h3-10H,2,11H2,1H3,(H2,22,23,24,26). The number of rotatable bonds is 5. The molecule has 0 radical (unpaired) electrons. The fourth-order valence-electron chi connectivity index (χ4n) is 2.09. The van der Waals surface area contributed by atoms with Crippen molar-refractivity contribution in [3.8, 4) is 5.75 Å². The van der Waals surface area contributed by atoms with Crippen molar-refractivity contribution in [1.29, 1.82) is 0 Å². The van der Waals surface area contributed by atoms with E-state index in [0.717, 1.165) is 12.5 Å². The first-order valence-electron chi connectivity index (χ1n) is 7.82. The van der Waals surface area contributed by atoms with Gasteiger partial charge in [-0.25, -0.2) is 0 Å². The Morgan fingerprint density at radius 3 is 2.38 bits per heavy atom. The van der Waals surface area contributed by atoms with Crippen LogP contribution >= 0.6 is 12.2 Å². The Balaban J connectivity index is 2.01. The molecule has 2 aromatic carbocycles. The van der Waals surface area contributed by atoms with Crippen LogP contribution in [0.2, 0.25) is 0 Å². The van der Waals surface area contributed by atoms with Gasteiger partial charge in [-0.1, -0.05) is 19.1 Å². The highest BCUT2D eigenvalue weighted by atomic mass is 32.1. The number of hydrogen-bond acceptors (Lipinski definition) is 3. The number of ether oxygens (including phenoxy) is 1. The summed E-state index contributed by atoms with van der Waals surface area (Å²) in [5.74, 6) is 0.0947. The molecule has 0 spiro atoms. The molecule has 2 N–H and O–H groups in total. The van der Waals surface area contributed by atoms with E-state index in [0.29, 0.717) is 17.9 Å². The minimum Gasteiger partial charge on any atom is -0.494 e. The summed E-state index contributed by atoms with van der Waals surface area (Å²) >= 11 is 4.94. The lowest BCUT2D eigenvalue weighted by molar-refractivity contribution is -0.136. The van der Waals surface area contributed by atoms with Gasteiger partial charge >= 0.3 is 6.18 Å². The Hall–Kier alpha value is -2.61. The number of alkyl halides is 3. The van der Waals surface area contributed by atoms with Gasteiger partial charge in [0, 0.05) is 5.56 Å². The lowest BCUT2D eigenvalue weighted by Gasteiger charge is -2.15. The maximum Gasteiger partial charge on any atom is 0.418 e. The molecule has 138 valence electrons. The van der Waals surface area contributed by atoms with E-state index >= 15 is 0 Å². The van der Waals surface area contributed by atoms with E-state index in [1.165, 1.54) is 18.2 Å². The Bertz CT molecular complexity index is 777. The number of benzene rings is 2. The van der Waals surface area contributed by atoms with Gasteiger partial charge in [0.25, 0.3) is 5.91 Å². The fourth-order valence-corrected chi connectivity index (χ4v) is 2.29. The SMILES string of the molecule is CCCOc1ccc(C(=O)NC(=S)Nc2ccccc2C(F)(F)F)cc1. The van der Waals surface area contributed by atoms with Gasteiger partial charge in [0.2, 0.25) is 0 Å². The zero-order chi connectivity index (χ0) is 19.2.